The van der Waals surface area contributed by atoms with Crippen LogP contribution in [0.2, 0.25) is 0 Å². The van der Waals surface area contributed by atoms with Crippen LogP contribution >= 0.6 is 0 Å². The molecule has 0 amide bonds. The van der Waals surface area contributed by atoms with Crippen molar-refractivity contribution in [3.63, 3.8) is 0 Å². The van der Waals surface area contributed by atoms with E-state index >= 15 is 0 Å². The van der Waals surface area contributed by atoms with E-state index in [1.165, 1.54) is 56.9 Å². The Morgan fingerprint density at radius 3 is 2.72 bits per heavy atom. The third kappa shape index (κ3) is 3.84. The molecule has 6 atom stereocenters. The average molecular weight is 399 g/mol. The number of allylic oxidation sites excluding steroid dienone is 4. The highest BCUT2D eigenvalue weighted by Crippen LogP contribution is 2.66. The zero-order valence-electron chi connectivity index (χ0n) is 19.4. The van der Waals surface area contributed by atoms with Crippen molar-refractivity contribution in [2.24, 2.45) is 39.7 Å². The first-order valence-electron chi connectivity index (χ1n) is 12.0. The molecule has 3 heteroatoms. The van der Waals surface area contributed by atoms with Gasteiger partial charge in [-0.3, -0.25) is 0 Å². The van der Waals surface area contributed by atoms with E-state index in [1.54, 1.807) is 5.57 Å². The largest absolute Gasteiger partial charge is 0.394 e. The number of oxime groups is 1. The van der Waals surface area contributed by atoms with Crippen molar-refractivity contribution >= 4 is 6.21 Å². The second-order valence-electron chi connectivity index (χ2n) is 11.2. The Morgan fingerprint density at radius 1 is 1.10 bits per heavy atom. The molecule has 0 bridgehead atoms. The average Bonchev–Trinajstić information content (AvgIpc) is 2.99. The molecule has 3 saturated carbocycles. The highest BCUT2D eigenvalue weighted by atomic mass is 16.6. The molecule has 0 radical (unpaired) electrons. The fraction of sp³-hybridized carbons (Fsp3) is 0.808. The predicted molar refractivity (Wildman–Crippen MR) is 122 cm³/mol. The van der Waals surface area contributed by atoms with Gasteiger partial charge < -0.3 is 9.74 Å². The summed E-state index contributed by atoms with van der Waals surface area (Å²) in [5, 5.41) is 4.12. The Hall–Kier alpha value is -1.09. The third-order valence-corrected chi connectivity index (χ3v) is 9.56. The normalized spacial score (nSPS) is 43.2. The molecule has 4 aliphatic carbocycles. The first-order valence-corrected chi connectivity index (χ1v) is 12.0. The van der Waals surface area contributed by atoms with Crippen LogP contribution in [0, 0.1) is 34.5 Å². The number of rotatable bonds is 5. The first-order chi connectivity index (χ1) is 13.8. The Morgan fingerprint density at radius 2 is 1.93 bits per heavy atom. The van der Waals surface area contributed by atoms with Crippen LogP contribution in [-0.4, -0.2) is 38.4 Å². The van der Waals surface area contributed by atoms with Gasteiger partial charge in [-0.2, -0.15) is 0 Å². The number of nitrogens with zero attached hydrogens (tertiary/aromatic N) is 2. The first kappa shape index (κ1) is 21.2. The van der Waals surface area contributed by atoms with Crippen LogP contribution in [0.5, 0.6) is 0 Å². The lowest BCUT2D eigenvalue weighted by atomic mass is 9.47. The van der Waals surface area contributed by atoms with E-state index < -0.39 is 0 Å². The Labute approximate surface area is 178 Å². The van der Waals surface area contributed by atoms with Crippen molar-refractivity contribution in [3.8, 4) is 0 Å². The molecule has 0 saturated heterocycles. The van der Waals surface area contributed by atoms with Crippen molar-refractivity contribution < 1.29 is 4.84 Å². The predicted octanol–water partition coefficient (Wildman–Crippen LogP) is 6.08. The maximum atomic E-state index is 5.35. The lowest BCUT2D eigenvalue weighted by molar-refractivity contribution is -0.0473. The van der Waals surface area contributed by atoms with Gasteiger partial charge in [0.15, 0.2) is 0 Å². The van der Waals surface area contributed by atoms with Gasteiger partial charge in [0, 0.05) is 6.54 Å². The molecular formula is C26H42N2O. The van der Waals surface area contributed by atoms with Crippen LogP contribution in [0.15, 0.2) is 28.5 Å². The number of fused-ring (bicyclic) bond motifs is 5. The van der Waals surface area contributed by atoms with Crippen LogP contribution < -0.4 is 0 Å². The summed E-state index contributed by atoms with van der Waals surface area (Å²) in [7, 11) is 4.10. The van der Waals surface area contributed by atoms with Crippen molar-refractivity contribution in [1.29, 1.82) is 0 Å². The van der Waals surface area contributed by atoms with E-state index in [0.717, 1.165) is 30.2 Å². The van der Waals surface area contributed by atoms with Gasteiger partial charge in [0.2, 0.25) is 0 Å². The van der Waals surface area contributed by atoms with E-state index in [4.69, 9.17) is 4.84 Å². The molecular weight excluding hydrogens is 356 g/mol. The summed E-state index contributed by atoms with van der Waals surface area (Å²) < 4.78 is 0. The van der Waals surface area contributed by atoms with E-state index in [1.807, 2.05) is 6.21 Å². The maximum Gasteiger partial charge on any atom is 0.129 e. The summed E-state index contributed by atoms with van der Waals surface area (Å²) in [6.07, 6.45) is 17.7. The fourth-order valence-electron chi connectivity index (χ4n) is 7.45. The molecule has 0 spiro atoms. The Kier molecular flexibility index (Phi) is 5.99. The summed E-state index contributed by atoms with van der Waals surface area (Å²) >= 11 is 0. The third-order valence-electron chi connectivity index (χ3n) is 9.56. The van der Waals surface area contributed by atoms with Crippen LogP contribution in [0.1, 0.15) is 72.1 Å². The SMILES string of the molecule is C[C@H]1CCC2C3CCC4=C/C(=C/C=NOCCN(C)C)CC[C@]4(C)C3CC[C@@]21C. The van der Waals surface area contributed by atoms with Gasteiger partial charge in [0.05, 0.1) is 6.21 Å². The summed E-state index contributed by atoms with van der Waals surface area (Å²) in [4.78, 5) is 7.46. The summed E-state index contributed by atoms with van der Waals surface area (Å²) in [5.41, 5.74) is 4.23. The van der Waals surface area contributed by atoms with Crippen molar-refractivity contribution in [1.82, 2.24) is 4.90 Å². The van der Waals surface area contributed by atoms with Gasteiger partial charge in [0.25, 0.3) is 0 Å². The molecule has 0 heterocycles. The highest BCUT2D eigenvalue weighted by Gasteiger charge is 2.57. The molecule has 4 aliphatic rings. The smallest absolute Gasteiger partial charge is 0.129 e. The topological polar surface area (TPSA) is 24.8 Å². The maximum absolute atomic E-state index is 5.35. The van der Waals surface area contributed by atoms with Gasteiger partial charge in [-0.15, -0.1) is 0 Å². The van der Waals surface area contributed by atoms with E-state index in [9.17, 15) is 0 Å². The molecule has 3 nitrogen and oxygen atoms in total. The number of likely N-dealkylation sites (N-methyl/N-ethyl adjacent to an activating group) is 1. The summed E-state index contributed by atoms with van der Waals surface area (Å²) in [6.45, 7) is 9.30. The minimum Gasteiger partial charge on any atom is -0.394 e. The zero-order valence-corrected chi connectivity index (χ0v) is 19.4. The monoisotopic (exact) mass is 398 g/mol. The van der Waals surface area contributed by atoms with Crippen LogP contribution in [0.3, 0.4) is 0 Å². The molecule has 4 rings (SSSR count). The molecule has 0 N–H and O–H groups in total. The number of hydrogen-bond donors (Lipinski definition) is 0. The van der Waals surface area contributed by atoms with Crippen molar-refractivity contribution in [3.05, 3.63) is 23.3 Å². The van der Waals surface area contributed by atoms with Gasteiger partial charge in [0.1, 0.15) is 6.61 Å². The number of hydrogen-bond acceptors (Lipinski definition) is 3. The summed E-state index contributed by atoms with van der Waals surface area (Å²) in [6, 6.07) is 0. The lowest BCUT2D eigenvalue weighted by Gasteiger charge is -2.58. The Balaban J connectivity index is 1.44. The molecule has 0 aromatic carbocycles. The second kappa shape index (κ2) is 8.21. The van der Waals surface area contributed by atoms with Crippen molar-refractivity contribution in [2.45, 2.75) is 72.1 Å². The van der Waals surface area contributed by atoms with E-state index in [2.05, 4.69) is 57.1 Å². The minimum atomic E-state index is 0.437. The quantitative estimate of drug-likeness (QED) is 0.319. The highest BCUT2D eigenvalue weighted by molar-refractivity contribution is 5.72. The minimum absolute atomic E-state index is 0.437. The van der Waals surface area contributed by atoms with Crippen molar-refractivity contribution in [2.75, 3.05) is 27.2 Å². The van der Waals surface area contributed by atoms with Crippen LogP contribution in [-0.2, 0) is 4.84 Å². The summed E-state index contributed by atoms with van der Waals surface area (Å²) in [5.74, 6) is 3.80. The molecule has 29 heavy (non-hydrogen) atoms. The Bertz CT molecular complexity index is 693. The molecule has 3 unspecified atom stereocenters. The van der Waals surface area contributed by atoms with Crippen LogP contribution in [0.4, 0.5) is 0 Å². The zero-order chi connectivity index (χ0) is 20.6. The van der Waals surface area contributed by atoms with Gasteiger partial charge in [-0.1, -0.05) is 37.6 Å². The van der Waals surface area contributed by atoms with Gasteiger partial charge in [-0.25, -0.2) is 0 Å². The standard InChI is InChI=1S/C26H42N2O/c1-19-6-9-23-22-8-7-21-18-20(12-15-27-29-17-16-28(4)5)10-13-26(21,3)24(22)11-14-25(19,23)2/h12,15,18-19,22-24H,6-11,13-14,16-17H2,1-5H3/b20-12+,27-15?/t19-,22?,23?,24?,25+,26-/m0/s1. The van der Waals surface area contributed by atoms with Crippen LogP contribution in [0.25, 0.3) is 0 Å². The van der Waals surface area contributed by atoms with E-state index in [-0.39, 0.29) is 0 Å². The van der Waals surface area contributed by atoms with E-state index in [0.29, 0.717) is 17.4 Å². The molecule has 0 aromatic rings. The molecule has 0 aromatic heterocycles. The second-order valence-corrected chi connectivity index (χ2v) is 11.2. The molecule has 162 valence electrons. The lowest BCUT2D eigenvalue weighted by Crippen LogP contribution is -2.49. The fourth-order valence-corrected chi connectivity index (χ4v) is 7.45. The van der Waals surface area contributed by atoms with Gasteiger partial charge in [-0.05, 0) is 112 Å². The van der Waals surface area contributed by atoms with Gasteiger partial charge >= 0.3 is 0 Å². The molecule has 3 fully saturated rings. The molecule has 0 aliphatic heterocycles.